The van der Waals surface area contributed by atoms with E-state index in [9.17, 15) is 4.79 Å². The number of amides is 1. The molecule has 5 nitrogen and oxygen atoms in total. The Morgan fingerprint density at radius 3 is 2.75 bits per heavy atom. The molecule has 8 heteroatoms. The van der Waals surface area contributed by atoms with Crippen LogP contribution in [0.15, 0.2) is 52.2 Å². The molecule has 1 amide bonds. The Labute approximate surface area is 178 Å². The molecule has 0 saturated heterocycles. The lowest BCUT2D eigenvalue weighted by molar-refractivity contribution is -0.130. The average Bonchev–Trinajstić information content (AvgIpc) is 3.39. The maximum Gasteiger partial charge on any atom is 0.236 e. The first kappa shape index (κ1) is 20.8. The highest BCUT2D eigenvalue weighted by Gasteiger charge is 2.22. The number of thiophene rings is 1. The molecule has 0 spiro atoms. The van der Waals surface area contributed by atoms with E-state index in [4.69, 9.17) is 0 Å². The third kappa shape index (κ3) is 6.05. The minimum absolute atomic E-state index is 0.124. The van der Waals surface area contributed by atoms with E-state index in [-0.39, 0.29) is 11.2 Å². The minimum atomic E-state index is -0.199. The van der Waals surface area contributed by atoms with Gasteiger partial charge in [-0.3, -0.25) is 4.79 Å². The molecule has 0 aliphatic heterocycles. The molecule has 148 valence electrons. The fourth-order valence-corrected chi connectivity index (χ4v) is 5.40. The van der Waals surface area contributed by atoms with Crippen molar-refractivity contribution in [3.63, 3.8) is 0 Å². The first-order valence-electron chi connectivity index (χ1n) is 9.25. The predicted octanol–water partition coefficient (Wildman–Crippen LogP) is 4.78. The van der Waals surface area contributed by atoms with E-state index in [2.05, 4.69) is 33.0 Å². The maximum atomic E-state index is 12.8. The summed E-state index contributed by atoms with van der Waals surface area (Å²) in [7, 11) is 0. The van der Waals surface area contributed by atoms with Crippen LogP contribution in [0.1, 0.15) is 24.3 Å². The molecule has 0 aliphatic carbocycles. The number of hydrogen-bond donors (Lipinski definition) is 1. The van der Waals surface area contributed by atoms with E-state index in [0.29, 0.717) is 13.1 Å². The van der Waals surface area contributed by atoms with Gasteiger partial charge in [0.2, 0.25) is 11.0 Å². The molecule has 28 heavy (non-hydrogen) atoms. The number of thioether (sulfide) groups is 1. The Bertz CT molecular complexity index is 851. The summed E-state index contributed by atoms with van der Waals surface area (Å²) in [4.78, 5) is 16.1. The Hall–Kier alpha value is -1.90. The van der Waals surface area contributed by atoms with Gasteiger partial charge in [-0.1, -0.05) is 59.5 Å². The number of nitrogens with one attached hydrogen (secondary N) is 1. The molecule has 1 aromatic carbocycles. The van der Waals surface area contributed by atoms with Gasteiger partial charge in [0.25, 0.3) is 0 Å². The van der Waals surface area contributed by atoms with Gasteiger partial charge in [-0.15, -0.1) is 21.5 Å². The summed E-state index contributed by atoms with van der Waals surface area (Å²) < 4.78 is 0.815. The molecule has 0 bridgehead atoms. The zero-order valence-corrected chi connectivity index (χ0v) is 18.4. The molecule has 0 saturated carbocycles. The first-order chi connectivity index (χ1) is 13.7. The normalized spacial score (nSPS) is 11.9. The number of carbonyl (C=O) groups excluding carboxylic acids is 1. The summed E-state index contributed by atoms with van der Waals surface area (Å²) in [6, 6.07) is 14.3. The molecule has 1 atom stereocenters. The van der Waals surface area contributed by atoms with Crippen LogP contribution in [0.4, 0.5) is 5.13 Å². The van der Waals surface area contributed by atoms with Crippen molar-refractivity contribution in [3.8, 4) is 0 Å². The molecule has 0 aliphatic rings. The van der Waals surface area contributed by atoms with E-state index < -0.39 is 0 Å². The summed E-state index contributed by atoms with van der Waals surface area (Å²) in [6.45, 7) is 6.09. The Kier molecular flexibility index (Phi) is 7.88. The van der Waals surface area contributed by atoms with E-state index >= 15 is 0 Å². The molecule has 0 fully saturated rings. The second-order valence-electron chi connectivity index (χ2n) is 6.23. The summed E-state index contributed by atoms with van der Waals surface area (Å²) in [6.07, 6.45) is 0.972. The van der Waals surface area contributed by atoms with Crippen molar-refractivity contribution in [2.45, 2.75) is 36.4 Å². The van der Waals surface area contributed by atoms with Crippen molar-refractivity contribution in [3.05, 3.63) is 58.3 Å². The Morgan fingerprint density at radius 2 is 2.04 bits per heavy atom. The topological polar surface area (TPSA) is 58.1 Å². The van der Waals surface area contributed by atoms with Crippen molar-refractivity contribution >= 4 is 45.5 Å². The SMILES string of the molecule is CCN(Cc1ccccc1)C(=O)C(C)Sc1nnc(NCCc2cccs2)s1. The lowest BCUT2D eigenvalue weighted by Gasteiger charge is -2.23. The zero-order chi connectivity index (χ0) is 19.8. The van der Waals surface area contributed by atoms with E-state index in [0.717, 1.165) is 28.0 Å². The van der Waals surface area contributed by atoms with Gasteiger partial charge in [-0.25, -0.2) is 0 Å². The van der Waals surface area contributed by atoms with Crippen LogP contribution in [0, 0.1) is 0 Å². The predicted molar refractivity (Wildman–Crippen MR) is 119 cm³/mol. The van der Waals surface area contributed by atoms with Crippen LogP contribution in [0.2, 0.25) is 0 Å². The van der Waals surface area contributed by atoms with Crippen LogP contribution in [-0.4, -0.2) is 39.3 Å². The van der Waals surface area contributed by atoms with Crippen LogP contribution in [0.5, 0.6) is 0 Å². The van der Waals surface area contributed by atoms with Gasteiger partial charge in [0.15, 0.2) is 4.34 Å². The zero-order valence-electron chi connectivity index (χ0n) is 16.0. The van der Waals surface area contributed by atoms with Crippen molar-refractivity contribution < 1.29 is 4.79 Å². The molecule has 2 aromatic heterocycles. The summed E-state index contributed by atoms with van der Waals surface area (Å²) in [5.74, 6) is 0.124. The smallest absolute Gasteiger partial charge is 0.236 e. The second-order valence-corrected chi connectivity index (χ2v) is 9.83. The van der Waals surface area contributed by atoms with E-state index in [1.165, 1.54) is 28.0 Å². The van der Waals surface area contributed by atoms with E-state index in [1.54, 1.807) is 11.3 Å². The van der Waals surface area contributed by atoms with Crippen molar-refractivity contribution in [1.82, 2.24) is 15.1 Å². The number of rotatable bonds is 10. The lowest BCUT2D eigenvalue weighted by atomic mass is 10.2. The number of nitrogens with zero attached hydrogens (tertiary/aromatic N) is 3. The van der Waals surface area contributed by atoms with Gasteiger partial charge in [-0.05, 0) is 37.3 Å². The average molecular weight is 433 g/mol. The van der Waals surface area contributed by atoms with Gasteiger partial charge in [-0.2, -0.15) is 0 Å². The highest BCUT2D eigenvalue weighted by molar-refractivity contribution is 8.02. The van der Waals surface area contributed by atoms with Crippen LogP contribution in [-0.2, 0) is 17.8 Å². The quantitative estimate of drug-likeness (QED) is 0.467. The van der Waals surface area contributed by atoms with Gasteiger partial charge in [0.1, 0.15) is 0 Å². The highest BCUT2D eigenvalue weighted by atomic mass is 32.2. The van der Waals surface area contributed by atoms with Crippen LogP contribution >= 0.6 is 34.4 Å². The molecule has 2 heterocycles. The van der Waals surface area contributed by atoms with Gasteiger partial charge < -0.3 is 10.2 Å². The first-order valence-corrected chi connectivity index (χ1v) is 11.8. The number of carbonyl (C=O) groups is 1. The van der Waals surface area contributed by atoms with Crippen LogP contribution < -0.4 is 5.32 Å². The fourth-order valence-electron chi connectivity index (χ4n) is 2.68. The Morgan fingerprint density at radius 1 is 1.21 bits per heavy atom. The molecular formula is C20H24N4OS3. The highest BCUT2D eigenvalue weighted by Crippen LogP contribution is 2.30. The molecule has 1 N–H and O–H groups in total. The van der Waals surface area contributed by atoms with Crippen LogP contribution in [0.25, 0.3) is 0 Å². The summed E-state index contributed by atoms with van der Waals surface area (Å²) >= 11 is 4.74. The monoisotopic (exact) mass is 432 g/mol. The van der Waals surface area contributed by atoms with E-state index in [1.807, 2.05) is 49.1 Å². The van der Waals surface area contributed by atoms with Gasteiger partial charge >= 0.3 is 0 Å². The van der Waals surface area contributed by atoms with Crippen molar-refractivity contribution in [2.75, 3.05) is 18.4 Å². The molecule has 1 unspecified atom stereocenters. The summed E-state index contributed by atoms with van der Waals surface area (Å²) in [5.41, 5.74) is 1.14. The van der Waals surface area contributed by atoms with Crippen molar-refractivity contribution in [1.29, 1.82) is 0 Å². The number of anilines is 1. The maximum absolute atomic E-state index is 12.8. The number of aromatic nitrogens is 2. The molecule has 0 radical (unpaired) electrons. The van der Waals surface area contributed by atoms with Gasteiger partial charge in [0.05, 0.1) is 5.25 Å². The van der Waals surface area contributed by atoms with Crippen molar-refractivity contribution in [2.24, 2.45) is 0 Å². The number of hydrogen-bond acceptors (Lipinski definition) is 7. The molecule has 3 aromatic rings. The molecule has 3 rings (SSSR count). The largest absolute Gasteiger partial charge is 0.360 e. The van der Waals surface area contributed by atoms with Gasteiger partial charge in [0, 0.05) is 24.5 Å². The lowest BCUT2D eigenvalue weighted by Crippen LogP contribution is -2.35. The van der Waals surface area contributed by atoms with Crippen LogP contribution in [0.3, 0.4) is 0 Å². The minimum Gasteiger partial charge on any atom is -0.360 e. The number of benzene rings is 1. The Balaban J connectivity index is 1.49. The summed E-state index contributed by atoms with van der Waals surface area (Å²) in [5, 5.41) is 14.4. The fraction of sp³-hybridized carbons (Fsp3) is 0.350. The second kappa shape index (κ2) is 10.6. The third-order valence-electron chi connectivity index (χ3n) is 4.17. The molecular weight excluding hydrogens is 408 g/mol. The standard InChI is InChI=1S/C20H24N4OS3/c1-3-24(14-16-8-5-4-6-9-16)18(25)15(2)27-20-23-22-19(28-20)21-12-11-17-10-7-13-26-17/h4-10,13,15H,3,11-12,14H2,1-2H3,(H,21,22). The third-order valence-corrected chi connectivity index (χ3v) is 7.16.